The summed E-state index contributed by atoms with van der Waals surface area (Å²) in [5.41, 5.74) is 0.673. The molecule has 6 nitrogen and oxygen atoms in total. The molecule has 0 aliphatic heterocycles. The number of halogens is 1. The Morgan fingerprint density at radius 2 is 1.81 bits per heavy atom. The first kappa shape index (κ1) is 19.9. The SMILES string of the molecule is O=C(CS(=O)CCCOc1ccc(C(=O)O)cc1)Nc1ccccc1Cl. The zero-order valence-electron chi connectivity index (χ0n) is 13.8. The van der Waals surface area contributed by atoms with Gasteiger partial charge in [-0.1, -0.05) is 23.7 Å². The van der Waals surface area contributed by atoms with E-state index in [9.17, 15) is 13.8 Å². The smallest absolute Gasteiger partial charge is 0.335 e. The van der Waals surface area contributed by atoms with Crippen molar-refractivity contribution in [1.82, 2.24) is 0 Å². The fourth-order valence-electron chi connectivity index (χ4n) is 2.07. The Labute approximate surface area is 158 Å². The number of aromatic carboxylic acids is 1. The van der Waals surface area contributed by atoms with Crippen molar-refractivity contribution in [2.24, 2.45) is 0 Å². The molecular weight excluding hydrogens is 378 g/mol. The van der Waals surface area contributed by atoms with Crippen LogP contribution < -0.4 is 10.1 Å². The van der Waals surface area contributed by atoms with Crippen LogP contribution in [0.3, 0.4) is 0 Å². The molecule has 0 aliphatic carbocycles. The topological polar surface area (TPSA) is 92.7 Å². The number of rotatable bonds is 9. The van der Waals surface area contributed by atoms with Crippen LogP contribution in [0.5, 0.6) is 5.75 Å². The van der Waals surface area contributed by atoms with Gasteiger partial charge in [0.25, 0.3) is 0 Å². The maximum Gasteiger partial charge on any atom is 0.335 e. The number of hydrogen-bond donors (Lipinski definition) is 2. The van der Waals surface area contributed by atoms with Gasteiger partial charge >= 0.3 is 5.97 Å². The number of carboxylic acids is 1. The molecule has 1 amide bonds. The third kappa shape index (κ3) is 6.50. The average molecular weight is 396 g/mol. The Morgan fingerprint density at radius 1 is 1.12 bits per heavy atom. The van der Waals surface area contributed by atoms with E-state index >= 15 is 0 Å². The van der Waals surface area contributed by atoms with Crippen molar-refractivity contribution in [2.45, 2.75) is 6.42 Å². The molecule has 2 rings (SSSR count). The van der Waals surface area contributed by atoms with Gasteiger partial charge in [0.15, 0.2) is 0 Å². The Balaban J connectivity index is 1.67. The molecule has 2 N–H and O–H groups in total. The Morgan fingerprint density at radius 3 is 2.46 bits per heavy atom. The van der Waals surface area contributed by atoms with Crippen LogP contribution in [-0.2, 0) is 15.6 Å². The summed E-state index contributed by atoms with van der Waals surface area (Å²) in [5, 5.41) is 11.9. The summed E-state index contributed by atoms with van der Waals surface area (Å²) in [4.78, 5) is 22.6. The number of carbonyl (C=O) groups is 2. The summed E-state index contributed by atoms with van der Waals surface area (Å²) in [6, 6.07) is 12.9. The van der Waals surface area contributed by atoms with E-state index in [4.69, 9.17) is 21.4 Å². The molecule has 0 bridgehead atoms. The molecule has 0 saturated heterocycles. The highest BCUT2D eigenvalue weighted by atomic mass is 35.5. The minimum atomic E-state index is -1.31. The molecule has 0 spiro atoms. The zero-order valence-corrected chi connectivity index (χ0v) is 15.4. The third-order valence-corrected chi connectivity index (χ3v) is 4.98. The number of para-hydroxylation sites is 1. The molecule has 2 aromatic carbocycles. The van der Waals surface area contributed by atoms with Crippen LogP contribution in [0.2, 0.25) is 5.02 Å². The van der Waals surface area contributed by atoms with Crippen molar-refractivity contribution >= 4 is 40.0 Å². The Kier molecular flexibility index (Phi) is 7.62. The normalized spacial score (nSPS) is 11.6. The van der Waals surface area contributed by atoms with Crippen LogP contribution in [0.15, 0.2) is 48.5 Å². The largest absolute Gasteiger partial charge is 0.494 e. The molecule has 138 valence electrons. The van der Waals surface area contributed by atoms with Crippen molar-refractivity contribution in [3.63, 3.8) is 0 Å². The number of nitrogens with one attached hydrogen (secondary N) is 1. The van der Waals surface area contributed by atoms with E-state index in [0.29, 0.717) is 35.2 Å². The Hall–Kier alpha value is -2.38. The van der Waals surface area contributed by atoms with Gasteiger partial charge in [-0.05, 0) is 42.8 Å². The van der Waals surface area contributed by atoms with Crippen molar-refractivity contribution in [3.8, 4) is 5.75 Å². The van der Waals surface area contributed by atoms with Crippen molar-refractivity contribution in [1.29, 1.82) is 0 Å². The van der Waals surface area contributed by atoms with E-state index < -0.39 is 16.8 Å². The number of ether oxygens (including phenoxy) is 1. The van der Waals surface area contributed by atoms with Crippen molar-refractivity contribution in [3.05, 3.63) is 59.1 Å². The van der Waals surface area contributed by atoms with Crippen LogP contribution >= 0.6 is 11.6 Å². The van der Waals surface area contributed by atoms with E-state index in [1.807, 2.05) is 0 Å². The summed E-state index contributed by atoms with van der Waals surface area (Å²) >= 11 is 5.95. The van der Waals surface area contributed by atoms with E-state index in [1.54, 1.807) is 36.4 Å². The lowest BCUT2D eigenvalue weighted by molar-refractivity contribution is -0.113. The summed E-state index contributed by atoms with van der Waals surface area (Å²) in [5.74, 6) is -0.609. The molecule has 8 heteroatoms. The van der Waals surface area contributed by atoms with Crippen molar-refractivity contribution in [2.75, 3.05) is 23.4 Å². The average Bonchev–Trinajstić information content (AvgIpc) is 2.61. The van der Waals surface area contributed by atoms with E-state index in [2.05, 4.69) is 5.32 Å². The number of benzene rings is 2. The molecule has 1 atom stereocenters. The number of carboxylic acid groups (broad SMARTS) is 1. The highest BCUT2D eigenvalue weighted by Crippen LogP contribution is 2.20. The quantitative estimate of drug-likeness (QED) is 0.636. The van der Waals surface area contributed by atoms with Gasteiger partial charge in [-0.3, -0.25) is 9.00 Å². The van der Waals surface area contributed by atoms with Crippen LogP contribution in [0, 0.1) is 0 Å². The van der Waals surface area contributed by atoms with E-state index in [1.165, 1.54) is 12.1 Å². The first-order valence-electron chi connectivity index (χ1n) is 7.81. The molecular formula is C18H18ClNO5S. The molecule has 0 aliphatic rings. The lowest BCUT2D eigenvalue weighted by Crippen LogP contribution is -2.21. The van der Waals surface area contributed by atoms with Crippen LogP contribution in [0.25, 0.3) is 0 Å². The van der Waals surface area contributed by atoms with Gasteiger partial charge in [0, 0.05) is 16.6 Å². The molecule has 2 aromatic rings. The minimum absolute atomic E-state index is 0.113. The van der Waals surface area contributed by atoms with E-state index in [-0.39, 0.29) is 17.2 Å². The summed E-state index contributed by atoms with van der Waals surface area (Å²) < 4.78 is 17.4. The van der Waals surface area contributed by atoms with Gasteiger partial charge in [0.1, 0.15) is 11.5 Å². The molecule has 1 unspecified atom stereocenters. The zero-order chi connectivity index (χ0) is 18.9. The first-order valence-corrected chi connectivity index (χ1v) is 9.68. The predicted molar refractivity (Wildman–Crippen MR) is 101 cm³/mol. The number of anilines is 1. The van der Waals surface area contributed by atoms with Crippen molar-refractivity contribution < 1.29 is 23.6 Å². The number of amides is 1. The molecule has 0 heterocycles. The standard InChI is InChI=1S/C18H18ClNO5S/c19-15-4-1-2-5-16(15)20-17(21)12-26(24)11-3-10-25-14-8-6-13(7-9-14)18(22)23/h1-2,4-9H,3,10-12H2,(H,20,21)(H,22,23). The first-order chi connectivity index (χ1) is 12.5. The van der Waals surface area contributed by atoms with Crippen LogP contribution in [-0.4, -0.2) is 39.3 Å². The fraction of sp³-hybridized carbons (Fsp3) is 0.222. The molecule has 0 saturated carbocycles. The van der Waals surface area contributed by atoms with Gasteiger partial charge in [-0.25, -0.2) is 4.79 Å². The number of hydrogen-bond acceptors (Lipinski definition) is 4. The maximum absolute atomic E-state index is 12.0. The monoisotopic (exact) mass is 395 g/mol. The summed E-state index contributed by atoms with van der Waals surface area (Å²) in [7, 11) is -1.31. The summed E-state index contributed by atoms with van der Waals surface area (Å²) in [6.07, 6.45) is 0.507. The van der Waals surface area contributed by atoms with E-state index in [0.717, 1.165) is 0 Å². The van der Waals surface area contributed by atoms with Gasteiger partial charge in [-0.15, -0.1) is 0 Å². The Bertz CT molecular complexity index is 794. The second kappa shape index (κ2) is 9.94. The minimum Gasteiger partial charge on any atom is -0.494 e. The molecule has 0 radical (unpaired) electrons. The third-order valence-electron chi connectivity index (χ3n) is 3.33. The maximum atomic E-state index is 12.0. The highest BCUT2D eigenvalue weighted by Gasteiger charge is 2.10. The van der Waals surface area contributed by atoms with Gasteiger partial charge in [0.05, 0.1) is 22.9 Å². The second-order valence-electron chi connectivity index (χ2n) is 5.35. The number of carbonyl (C=O) groups excluding carboxylic acids is 1. The molecule has 26 heavy (non-hydrogen) atoms. The predicted octanol–water partition coefficient (Wildman–Crippen LogP) is 3.19. The van der Waals surface area contributed by atoms with Crippen LogP contribution in [0.4, 0.5) is 5.69 Å². The second-order valence-corrected chi connectivity index (χ2v) is 7.33. The summed E-state index contributed by atoms with van der Waals surface area (Å²) in [6.45, 7) is 0.324. The van der Waals surface area contributed by atoms with Gasteiger partial charge in [-0.2, -0.15) is 0 Å². The lowest BCUT2D eigenvalue weighted by atomic mass is 10.2. The molecule has 0 fully saturated rings. The van der Waals surface area contributed by atoms with Gasteiger partial charge < -0.3 is 15.2 Å². The van der Waals surface area contributed by atoms with Gasteiger partial charge in [0.2, 0.25) is 5.91 Å². The van der Waals surface area contributed by atoms with Crippen LogP contribution in [0.1, 0.15) is 16.8 Å². The lowest BCUT2D eigenvalue weighted by Gasteiger charge is -2.08. The molecule has 0 aromatic heterocycles. The fourth-order valence-corrected chi connectivity index (χ4v) is 3.20. The highest BCUT2D eigenvalue weighted by molar-refractivity contribution is 7.85.